The number of nitrogens with zero attached hydrogens (tertiary/aromatic N) is 1. The Morgan fingerprint density at radius 2 is 1.33 bits per heavy atom. The molecule has 0 saturated carbocycles. The van der Waals surface area contributed by atoms with Crippen molar-refractivity contribution in [3.63, 3.8) is 0 Å². The van der Waals surface area contributed by atoms with Gasteiger partial charge in [0.2, 0.25) is 41.4 Å². The number of hydrogen-bond acceptors (Lipinski definition) is 12. The molecule has 48 heavy (non-hydrogen) atoms. The summed E-state index contributed by atoms with van der Waals surface area (Å²) in [4.78, 5) is 110. The minimum Gasteiger partial charge on any atom is -0.481 e. The summed E-state index contributed by atoms with van der Waals surface area (Å²) < 4.78 is 0. The average molecular weight is 716 g/mol. The molecule has 1 aromatic heterocycles. The molecule has 2 heterocycles. The molecule has 7 amide bonds. The molecule has 0 unspecified atom stereocenters. The number of amides is 7. The van der Waals surface area contributed by atoms with E-state index in [0.29, 0.717) is 12.1 Å². The van der Waals surface area contributed by atoms with Crippen LogP contribution in [0.25, 0.3) is 0 Å². The van der Waals surface area contributed by atoms with E-state index in [2.05, 4.69) is 72.4 Å². The Bertz CT molecular complexity index is 1330. The highest BCUT2D eigenvalue weighted by atomic mass is 32.1. The third-order valence-electron chi connectivity index (χ3n) is 7.31. The van der Waals surface area contributed by atoms with E-state index in [1.54, 1.807) is 13.8 Å². The monoisotopic (exact) mass is 715 g/mol. The lowest BCUT2D eigenvalue weighted by Crippen LogP contribution is -2.61. The van der Waals surface area contributed by atoms with Gasteiger partial charge < -0.3 is 52.4 Å². The average Bonchev–Trinajstić information content (AvgIpc) is 3.57. The van der Waals surface area contributed by atoms with Crippen LogP contribution in [0, 0.1) is 5.92 Å². The van der Waals surface area contributed by atoms with Crippen molar-refractivity contribution in [2.24, 2.45) is 5.92 Å². The van der Waals surface area contributed by atoms with E-state index in [9.17, 15) is 48.6 Å². The number of carbonyl (C=O) groups excluding carboxylic acids is 7. The standard InChI is InChI=1S/C27H41N9O10S2/c1-3-12(2)21-27(46)35-18(10-48)26(45)34-17(9-47)25(44)31-14(4-13-6-28-11-30-13)23(42)33-16(8-37)24(43)32-15(5-20(39)40)22(41)29-7-19(38)36-21/h6,11-12,14-18,21,37,47-48H,3-5,7-10H2,1-2H3,(H,28,30)(H,29,41)(H,31,44)(H,32,43)(H,33,42)(H,34,45)(H,35,46)(H,36,38)(H,39,40)/t12-,14-,15-,16-,17-,18-,21-/m0/s1. The molecular formula is C27H41N9O10S2. The van der Waals surface area contributed by atoms with Gasteiger partial charge in [0.15, 0.2) is 0 Å². The van der Waals surface area contributed by atoms with E-state index in [4.69, 9.17) is 0 Å². The molecule has 19 nitrogen and oxygen atoms in total. The lowest BCUT2D eigenvalue weighted by molar-refractivity contribution is -0.141. The van der Waals surface area contributed by atoms with Gasteiger partial charge in [0.25, 0.3) is 0 Å². The number of nitrogens with one attached hydrogen (secondary N) is 8. The molecular weight excluding hydrogens is 674 g/mol. The number of aromatic amines is 1. The first-order chi connectivity index (χ1) is 22.7. The van der Waals surface area contributed by atoms with Gasteiger partial charge in [-0.25, -0.2) is 4.98 Å². The molecule has 10 N–H and O–H groups in total. The maximum absolute atomic E-state index is 13.3. The van der Waals surface area contributed by atoms with Crippen LogP contribution in [0.1, 0.15) is 32.4 Å². The van der Waals surface area contributed by atoms with Crippen LogP contribution in [0.2, 0.25) is 0 Å². The Kier molecular flexibility index (Phi) is 16.1. The Morgan fingerprint density at radius 3 is 1.85 bits per heavy atom. The highest BCUT2D eigenvalue weighted by Gasteiger charge is 2.34. The maximum atomic E-state index is 13.3. The van der Waals surface area contributed by atoms with Crippen LogP contribution >= 0.6 is 25.3 Å². The Balaban J connectivity index is 2.51. The number of carbonyl (C=O) groups is 8. The second-order valence-corrected chi connectivity index (χ2v) is 11.6. The molecule has 0 spiro atoms. The van der Waals surface area contributed by atoms with Crippen molar-refractivity contribution in [2.45, 2.75) is 69.4 Å². The fourth-order valence-corrected chi connectivity index (χ4v) is 4.87. The van der Waals surface area contributed by atoms with Crippen molar-refractivity contribution < 1.29 is 48.6 Å². The van der Waals surface area contributed by atoms with Crippen LogP contribution in [0.4, 0.5) is 0 Å². The van der Waals surface area contributed by atoms with Crippen LogP contribution in [0.5, 0.6) is 0 Å². The maximum Gasteiger partial charge on any atom is 0.305 e. The molecule has 0 bridgehead atoms. The lowest BCUT2D eigenvalue weighted by atomic mass is 9.98. The normalized spacial score (nSPS) is 26.3. The molecule has 21 heteroatoms. The molecule has 266 valence electrons. The first-order valence-electron chi connectivity index (χ1n) is 14.8. The fraction of sp³-hybridized carbons (Fsp3) is 0.593. The smallest absolute Gasteiger partial charge is 0.305 e. The van der Waals surface area contributed by atoms with E-state index in [1.165, 1.54) is 12.5 Å². The predicted octanol–water partition coefficient (Wildman–Crippen LogP) is -4.64. The zero-order valence-electron chi connectivity index (χ0n) is 26.1. The van der Waals surface area contributed by atoms with Gasteiger partial charge in [-0.2, -0.15) is 25.3 Å². The Labute approximate surface area is 286 Å². The third kappa shape index (κ3) is 12.0. The van der Waals surface area contributed by atoms with Crippen molar-refractivity contribution in [3.8, 4) is 0 Å². The Hall–Kier alpha value is -4.37. The molecule has 1 aliphatic rings. The number of hydrogen-bond donors (Lipinski definition) is 12. The molecule has 1 aliphatic heterocycles. The van der Waals surface area contributed by atoms with Crippen molar-refractivity contribution in [1.29, 1.82) is 0 Å². The molecule has 1 saturated heterocycles. The summed E-state index contributed by atoms with van der Waals surface area (Å²) in [5.41, 5.74) is 0.382. The fourth-order valence-electron chi connectivity index (χ4n) is 4.36. The number of carboxylic acid groups (broad SMARTS) is 1. The van der Waals surface area contributed by atoms with Crippen molar-refractivity contribution in [2.75, 3.05) is 24.7 Å². The minimum atomic E-state index is -1.75. The number of imidazole rings is 1. The van der Waals surface area contributed by atoms with Crippen LogP contribution in [-0.4, -0.2) is 128 Å². The number of rotatable bonds is 9. The molecule has 0 aromatic carbocycles. The second-order valence-electron chi connectivity index (χ2n) is 10.9. The molecule has 2 rings (SSSR count). The zero-order valence-corrected chi connectivity index (χ0v) is 27.9. The van der Waals surface area contributed by atoms with E-state index in [-0.39, 0.29) is 17.9 Å². The zero-order chi connectivity index (χ0) is 36.0. The van der Waals surface area contributed by atoms with Crippen LogP contribution < -0.4 is 37.2 Å². The summed E-state index contributed by atoms with van der Waals surface area (Å²) in [6.07, 6.45) is 1.98. The van der Waals surface area contributed by atoms with Crippen LogP contribution in [-0.2, 0) is 44.8 Å². The summed E-state index contributed by atoms with van der Waals surface area (Å²) >= 11 is 8.28. The highest BCUT2D eigenvalue weighted by molar-refractivity contribution is 7.80. The van der Waals surface area contributed by atoms with E-state index < -0.39 is 109 Å². The first kappa shape index (κ1) is 39.8. The summed E-state index contributed by atoms with van der Waals surface area (Å²) in [5.74, 6) is -8.95. The molecule has 1 aromatic rings. The van der Waals surface area contributed by atoms with Crippen molar-refractivity contribution in [3.05, 3.63) is 18.2 Å². The van der Waals surface area contributed by atoms with Crippen molar-refractivity contribution >= 4 is 72.6 Å². The lowest BCUT2D eigenvalue weighted by Gasteiger charge is -2.27. The number of aliphatic carboxylic acids is 1. The number of thiol groups is 2. The highest BCUT2D eigenvalue weighted by Crippen LogP contribution is 2.09. The number of aliphatic hydroxyl groups excluding tert-OH is 1. The number of aliphatic hydroxyl groups is 1. The van der Waals surface area contributed by atoms with Crippen molar-refractivity contribution in [1.82, 2.24) is 47.2 Å². The topological polar surface area (TPSA) is 290 Å². The van der Waals surface area contributed by atoms with Gasteiger partial charge in [-0.15, -0.1) is 0 Å². The molecule has 0 aliphatic carbocycles. The molecule has 0 radical (unpaired) electrons. The number of carboxylic acids is 1. The predicted molar refractivity (Wildman–Crippen MR) is 173 cm³/mol. The SMILES string of the molecule is CC[C@H](C)[C@@H]1NC(=O)CNC(=O)[C@H](CC(=O)O)NC(=O)[C@H](CO)NC(=O)[C@H](Cc2cnc[nH]2)NC(=O)[C@H](CS)NC(=O)[C@H](CS)NC1=O. The van der Waals surface area contributed by atoms with Gasteiger partial charge in [-0.05, 0) is 5.92 Å². The van der Waals surface area contributed by atoms with Gasteiger partial charge in [-0.3, -0.25) is 38.4 Å². The molecule has 1 fully saturated rings. The third-order valence-corrected chi connectivity index (χ3v) is 8.04. The summed E-state index contributed by atoms with van der Waals surface area (Å²) in [6, 6.07) is -8.68. The van der Waals surface area contributed by atoms with Crippen LogP contribution in [0.15, 0.2) is 12.5 Å². The van der Waals surface area contributed by atoms with Crippen LogP contribution in [0.3, 0.4) is 0 Å². The van der Waals surface area contributed by atoms with Gasteiger partial charge in [0.05, 0.1) is 25.9 Å². The first-order valence-corrected chi connectivity index (χ1v) is 16.1. The van der Waals surface area contributed by atoms with Gasteiger partial charge in [-0.1, -0.05) is 20.3 Å². The van der Waals surface area contributed by atoms with Gasteiger partial charge in [0, 0.05) is 29.8 Å². The van der Waals surface area contributed by atoms with E-state index >= 15 is 0 Å². The van der Waals surface area contributed by atoms with Gasteiger partial charge >= 0.3 is 5.97 Å². The number of aromatic nitrogens is 2. The quantitative estimate of drug-likeness (QED) is 0.108. The number of H-pyrrole nitrogens is 1. The minimum absolute atomic E-state index is 0.192. The molecule has 7 atom stereocenters. The second kappa shape index (κ2) is 19.5. The summed E-state index contributed by atoms with van der Waals surface area (Å²) in [7, 11) is 0. The largest absolute Gasteiger partial charge is 0.481 e. The summed E-state index contributed by atoms with van der Waals surface area (Å²) in [6.45, 7) is 1.69. The van der Waals surface area contributed by atoms with E-state index in [1.807, 2.05) is 0 Å². The van der Waals surface area contributed by atoms with Gasteiger partial charge in [0.1, 0.15) is 36.3 Å². The summed E-state index contributed by atoms with van der Waals surface area (Å²) in [5, 5.41) is 35.7. The van der Waals surface area contributed by atoms with E-state index in [0.717, 1.165) is 0 Å². The Morgan fingerprint density at radius 1 is 0.812 bits per heavy atom.